The van der Waals surface area contributed by atoms with Crippen molar-refractivity contribution in [1.29, 1.82) is 0 Å². The Balaban J connectivity index is 1.88. The maximum atomic E-state index is 14.0. The van der Waals surface area contributed by atoms with Gasteiger partial charge >= 0.3 is 0 Å². The number of hydrogen-bond donors (Lipinski definition) is 1. The molecule has 1 aromatic carbocycles. The molecule has 1 aromatic rings. The number of benzene rings is 1. The number of primary amides is 1. The number of amides is 1. The number of fused-ring (bicyclic) bond motifs is 1. The van der Waals surface area contributed by atoms with Crippen molar-refractivity contribution >= 4 is 15.9 Å². The second-order valence-corrected chi connectivity index (χ2v) is 8.54. The van der Waals surface area contributed by atoms with E-state index in [0.717, 1.165) is 24.8 Å². The first-order valence-corrected chi connectivity index (χ1v) is 9.44. The molecule has 1 amide bonds. The summed E-state index contributed by atoms with van der Waals surface area (Å²) in [7, 11) is -3.79. The van der Waals surface area contributed by atoms with Gasteiger partial charge in [0.2, 0.25) is 15.9 Å². The van der Waals surface area contributed by atoms with Crippen LogP contribution in [0.1, 0.15) is 30.4 Å². The number of nitrogens with two attached hydrogens (primary N) is 1. The highest BCUT2D eigenvalue weighted by Crippen LogP contribution is 2.43. The fourth-order valence-corrected chi connectivity index (χ4v) is 5.77. The second kappa shape index (κ2) is 5.87. The molecule has 2 N–H and O–H groups in total. The van der Waals surface area contributed by atoms with Crippen LogP contribution in [0.2, 0.25) is 0 Å². The molecule has 126 valence electrons. The van der Waals surface area contributed by atoms with Crippen LogP contribution in [0.4, 0.5) is 4.39 Å². The molecular weight excluding hydrogens is 319 g/mol. The predicted molar refractivity (Wildman–Crippen MR) is 84.3 cm³/mol. The number of rotatable bonds is 4. The van der Waals surface area contributed by atoms with Crippen LogP contribution >= 0.6 is 0 Å². The zero-order chi connectivity index (χ0) is 16.8. The van der Waals surface area contributed by atoms with Gasteiger partial charge in [0.05, 0.1) is 5.75 Å². The molecule has 1 saturated heterocycles. The lowest BCUT2D eigenvalue weighted by Crippen LogP contribution is -2.46. The zero-order valence-electron chi connectivity index (χ0n) is 13.0. The molecule has 7 heteroatoms. The van der Waals surface area contributed by atoms with Crippen LogP contribution in [0.25, 0.3) is 0 Å². The number of carbonyl (C=O) groups is 1. The Morgan fingerprint density at radius 1 is 1.39 bits per heavy atom. The van der Waals surface area contributed by atoms with Crippen LogP contribution in [-0.2, 0) is 20.6 Å². The second-order valence-electron chi connectivity index (χ2n) is 6.62. The third-order valence-corrected chi connectivity index (χ3v) is 6.81. The molecule has 2 aliphatic rings. The fraction of sp³-hybridized carbons (Fsp3) is 0.562. The zero-order valence-corrected chi connectivity index (χ0v) is 13.9. The minimum absolute atomic E-state index is 0.00476. The van der Waals surface area contributed by atoms with Gasteiger partial charge in [-0.25, -0.2) is 12.8 Å². The number of nitrogens with zero attached hydrogens (tertiary/aromatic N) is 1. The van der Waals surface area contributed by atoms with Crippen LogP contribution in [0.3, 0.4) is 0 Å². The quantitative estimate of drug-likeness (QED) is 0.903. The predicted octanol–water partition coefficient (Wildman–Crippen LogP) is 1.55. The van der Waals surface area contributed by atoms with E-state index in [1.54, 1.807) is 13.0 Å². The van der Waals surface area contributed by atoms with Gasteiger partial charge in [-0.1, -0.05) is 18.6 Å². The van der Waals surface area contributed by atoms with Gasteiger partial charge in [-0.3, -0.25) is 4.79 Å². The van der Waals surface area contributed by atoms with Crippen LogP contribution in [-0.4, -0.2) is 31.2 Å². The van der Waals surface area contributed by atoms with E-state index >= 15 is 0 Å². The summed E-state index contributed by atoms with van der Waals surface area (Å²) < 4.78 is 40.7. The highest BCUT2D eigenvalue weighted by molar-refractivity contribution is 7.88. The molecule has 1 saturated carbocycles. The standard InChI is InChI=1S/C16H21FN2O3S/c1-10-5-6-12(14(17)7-10)9-23(21,22)19-8-11-3-2-4-13(11)15(19)16(18)20/h5-7,11,13,15H,2-4,8-9H2,1H3,(H2,18,20)/t11-,13+,15-/m0/s1. The Labute approximate surface area is 135 Å². The summed E-state index contributed by atoms with van der Waals surface area (Å²) in [4.78, 5) is 11.8. The van der Waals surface area contributed by atoms with Gasteiger partial charge in [-0.2, -0.15) is 4.31 Å². The molecular formula is C16H21FN2O3S. The third-order valence-electron chi connectivity index (χ3n) is 5.04. The molecule has 23 heavy (non-hydrogen) atoms. The molecule has 0 radical (unpaired) electrons. The van der Waals surface area contributed by atoms with Gasteiger partial charge in [-0.05, 0) is 43.2 Å². The minimum Gasteiger partial charge on any atom is -0.368 e. The van der Waals surface area contributed by atoms with Gasteiger partial charge in [0.15, 0.2) is 0 Å². The highest BCUT2D eigenvalue weighted by Gasteiger charge is 2.51. The van der Waals surface area contributed by atoms with Crippen LogP contribution in [0, 0.1) is 24.6 Å². The molecule has 3 rings (SSSR count). The molecule has 1 aliphatic heterocycles. The van der Waals surface area contributed by atoms with E-state index < -0.39 is 33.5 Å². The Morgan fingerprint density at radius 3 is 2.78 bits per heavy atom. The highest BCUT2D eigenvalue weighted by atomic mass is 32.2. The van der Waals surface area contributed by atoms with Crippen molar-refractivity contribution in [2.75, 3.05) is 6.54 Å². The average molecular weight is 340 g/mol. The summed E-state index contributed by atoms with van der Waals surface area (Å²) in [5.74, 6) is -1.39. The van der Waals surface area contributed by atoms with Gasteiger partial charge in [0.25, 0.3) is 0 Å². The summed E-state index contributed by atoms with van der Waals surface area (Å²) in [6, 6.07) is 3.69. The number of halogens is 1. The number of carbonyl (C=O) groups excluding carboxylic acids is 1. The lowest BCUT2D eigenvalue weighted by molar-refractivity contribution is -0.122. The van der Waals surface area contributed by atoms with Crippen molar-refractivity contribution in [2.45, 2.75) is 38.0 Å². The molecule has 1 aliphatic carbocycles. The summed E-state index contributed by atoms with van der Waals surface area (Å²) in [5, 5.41) is 0. The van der Waals surface area contributed by atoms with Crippen molar-refractivity contribution < 1.29 is 17.6 Å². The molecule has 2 fully saturated rings. The molecule has 0 spiro atoms. The molecule has 0 unspecified atom stereocenters. The molecule has 0 aromatic heterocycles. The van der Waals surface area contributed by atoms with Crippen molar-refractivity contribution in [3.63, 3.8) is 0 Å². The van der Waals surface area contributed by atoms with E-state index in [2.05, 4.69) is 0 Å². The summed E-state index contributed by atoms with van der Waals surface area (Å²) in [6.45, 7) is 2.06. The van der Waals surface area contributed by atoms with E-state index in [1.807, 2.05) is 0 Å². The lowest BCUT2D eigenvalue weighted by Gasteiger charge is -2.24. The van der Waals surface area contributed by atoms with E-state index in [0.29, 0.717) is 6.54 Å². The van der Waals surface area contributed by atoms with Gasteiger partial charge in [-0.15, -0.1) is 0 Å². The fourth-order valence-electron chi connectivity index (χ4n) is 3.95. The third kappa shape index (κ3) is 2.99. The monoisotopic (exact) mass is 340 g/mol. The first kappa shape index (κ1) is 16.4. The Hall–Kier alpha value is -1.47. The Kier molecular flexibility index (Phi) is 4.18. The topological polar surface area (TPSA) is 80.5 Å². The summed E-state index contributed by atoms with van der Waals surface area (Å²) in [6.07, 6.45) is 2.74. The van der Waals surface area contributed by atoms with Crippen molar-refractivity contribution in [1.82, 2.24) is 4.31 Å². The van der Waals surface area contributed by atoms with Gasteiger partial charge in [0.1, 0.15) is 11.9 Å². The number of hydrogen-bond acceptors (Lipinski definition) is 3. The van der Waals surface area contributed by atoms with E-state index in [9.17, 15) is 17.6 Å². The maximum Gasteiger partial charge on any atom is 0.236 e. The first-order valence-electron chi connectivity index (χ1n) is 7.83. The van der Waals surface area contributed by atoms with Crippen LogP contribution in [0.15, 0.2) is 18.2 Å². The summed E-state index contributed by atoms with van der Waals surface area (Å²) in [5.41, 5.74) is 6.32. The lowest BCUT2D eigenvalue weighted by atomic mass is 9.94. The summed E-state index contributed by atoms with van der Waals surface area (Å²) >= 11 is 0. The maximum absolute atomic E-state index is 14.0. The van der Waals surface area contributed by atoms with Crippen molar-refractivity contribution in [2.24, 2.45) is 17.6 Å². The SMILES string of the molecule is Cc1ccc(CS(=O)(=O)N2C[C@@H]3CCC[C@H]3[C@H]2C(N)=O)c(F)c1. The van der Waals surface area contributed by atoms with E-state index in [-0.39, 0.29) is 17.4 Å². The van der Waals surface area contributed by atoms with E-state index in [4.69, 9.17) is 5.73 Å². The number of aryl methyl sites for hydroxylation is 1. The van der Waals surface area contributed by atoms with Gasteiger partial charge < -0.3 is 5.73 Å². The Bertz CT molecular complexity index is 735. The minimum atomic E-state index is -3.79. The van der Waals surface area contributed by atoms with E-state index in [1.165, 1.54) is 16.4 Å². The largest absolute Gasteiger partial charge is 0.368 e. The smallest absolute Gasteiger partial charge is 0.236 e. The molecule has 0 bridgehead atoms. The molecule has 1 heterocycles. The molecule has 3 atom stereocenters. The van der Waals surface area contributed by atoms with Crippen molar-refractivity contribution in [3.05, 3.63) is 35.1 Å². The van der Waals surface area contributed by atoms with Crippen molar-refractivity contribution in [3.8, 4) is 0 Å². The van der Waals surface area contributed by atoms with Crippen LogP contribution in [0.5, 0.6) is 0 Å². The number of sulfonamides is 1. The van der Waals surface area contributed by atoms with Crippen LogP contribution < -0.4 is 5.73 Å². The average Bonchev–Trinajstić information content (AvgIpc) is 3.01. The first-order chi connectivity index (χ1) is 10.8. The Morgan fingerprint density at radius 2 is 2.13 bits per heavy atom. The van der Waals surface area contributed by atoms with Gasteiger partial charge in [0, 0.05) is 12.1 Å². The normalized spacial score (nSPS) is 28.0. The molecule has 5 nitrogen and oxygen atoms in total.